The van der Waals surface area contributed by atoms with E-state index in [0.717, 1.165) is 53.5 Å². The molecule has 0 bridgehead atoms. The number of nitrogens with zero attached hydrogens (tertiary/aromatic N) is 3. The molecule has 0 spiro atoms. The summed E-state index contributed by atoms with van der Waals surface area (Å²) in [6.45, 7) is 4.12. The van der Waals surface area contributed by atoms with Gasteiger partial charge in [-0.1, -0.05) is 41.8 Å². The van der Waals surface area contributed by atoms with Crippen LogP contribution in [0.3, 0.4) is 0 Å². The summed E-state index contributed by atoms with van der Waals surface area (Å²) < 4.78 is 0. The van der Waals surface area contributed by atoms with Gasteiger partial charge < -0.3 is 17.2 Å². The number of fused-ring (bicyclic) bond motifs is 1. The number of carbonyl (C=O) groups excluding carboxylic acids is 2. The number of aromatic amines is 1. The number of tetrazole rings is 1. The number of carbonyl (C=O) groups is 2. The van der Waals surface area contributed by atoms with Crippen LogP contribution in [0, 0.1) is 5.92 Å². The smallest absolute Gasteiger partial charge is 0.248 e. The molecule has 2 aromatic rings. The number of nitrogens with one attached hydrogen (secondary N) is 1. The first kappa shape index (κ1) is 24.8. The molecule has 2 amide bonds. The van der Waals surface area contributed by atoms with E-state index in [0.29, 0.717) is 30.1 Å². The molecule has 1 saturated carbocycles. The Morgan fingerprint density at radius 2 is 2.03 bits per heavy atom. The summed E-state index contributed by atoms with van der Waals surface area (Å²) in [5.41, 5.74) is 22.9. The molecule has 0 radical (unpaired) electrons. The van der Waals surface area contributed by atoms with E-state index in [1.54, 1.807) is 6.07 Å². The number of primary amides is 2. The minimum atomic E-state index is -0.735. The molecule has 1 heterocycles. The summed E-state index contributed by atoms with van der Waals surface area (Å²) in [6, 6.07) is 5.56. The fourth-order valence-corrected chi connectivity index (χ4v) is 5.61. The Labute approximate surface area is 205 Å². The molecule has 2 atom stereocenters. The molecule has 35 heavy (non-hydrogen) atoms. The summed E-state index contributed by atoms with van der Waals surface area (Å²) in [4.78, 5) is 23.7. The number of aromatic nitrogens is 4. The van der Waals surface area contributed by atoms with Gasteiger partial charge in [0.1, 0.15) is 0 Å². The van der Waals surface area contributed by atoms with Crippen LogP contribution >= 0.6 is 0 Å². The van der Waals surface area contributed by atoms with Crippen molar-refractivity contribution in [2.45, 2.75) is 76.7 Å². The van der Waals surface area contributed by atoms with Crippen LogP contribution in [-0.4, -0.2) is 38.5 Å². The van der Waals surface area contributed by atoms with Crippen LogP contribution in [0.5, 0.6) is 0 Å². The van der Waals surface area contributed by atoms with Crippen LogP contribution in [0.25, 0.3) is 0 Å². The van der Waals surface area contributed by atoms with Crippen LogP contribution in [0.2, 0.25) is 0 Å². The quantitative estimate of drug-likeness (QED) is 0.433. The first-order valence-corrected chi connectivity index (χ1v) is 12.4. The summed E-state index contributed by atoms with van der Waals surface area (Å²) in [6.07, 6.45) is 8.49. The molecule has 9 heteroatoms. The predicted octanol–water partition coefficient (Wildman–Crippen LogP) is 2.58. The molecule has 2 unspecified atom stereocenters. The standard InChI is InChI=1S/C26H35N7O2/c1-3-16(12-23(28)34)11-18-7-8-19-13-20(24(29)35)9-10-21(19)26(15(18)2,25-30-32-33-31-25)14-22(27)17-5-4-6-17/h9-11,13,17,22H,3-8,12,14,27H2,1-2H3,(H2,28,34)(H2,29,35)(H,30,31,32,33)/b16-11+. The lowest BCUT2D eigenvalue weighted by atomic mass is 9.64. The Morgan fingerprint density at radius 3 is 2.60 bits per heavy atom. The molecule has 2 aliphatic carbocycles. The third kappa shape index (κ3) is 4.77. The van der Waals surface area contributed by atoms with Gasteiger partial charge in [-0.2, -0.15) is 5.21 Å². The first-order valence-electron chi connectivity index (χ1n) is 12.4. The highest BCUT2D eigenvalue weighted by Crippen LogP contribution is 2.49. The van der Waals surface area contributed by atoms with E-state index in [1.165, 1.54) is 6.42 Å². The van der Waals surface area contributed by atoms with Gasteiger partial charge in [-0.15, -0.1) is 10.2 Å². The van der Waals surface area contributed by atoms with Crippen LogP contribution in [0.15, 0.2) is 41.0 Å². The molecule has 9 nitrogen and oxygen atoms in total. The van der Waals surface area contributed by atoms with E-state index in [2.05, 4.69) is 33.6 Å². The van der Waals surface area contributed by atoms with E-state index < -0.39 is 11.3 Å². The van der Waals surface area contributed by atoms with Crippen LogP contribution in [-0.2, 0) is 16.6 Å². The predicted molar refractivity (Wildman–Crippen MR) is 133 cm³/mol. The Morgan fingerprint density at radius 1 is 1.26 bits per heavy atom. The van der Waals surface area contributed by atoms with Crippen molar-refractivity contribution in [3.8, 4) is 0 Å². The maximum atomic E-state index is 12.0. The maximum Gasteiger partial charge on any atom is 0.248 e. The van der Waals surface area contributed by atoms with Gasteiger partial charge in [-0.3, -0.25) is 9.59 Å². The maximum absolute atomic E-state index is 12.0. The van der Waals surface area contributed by atoms with Gasteiger partial charge >= 0.3 is 0 Å². The molecule has 1 fully saturated rings. The zero-order valence-corrected chi connectivity index (χ0v) is 20.5. The summed E-state index contributed by atoms with van der Waals surface area (Å²) in [5, 5.41) is 15.5. The van der Waals surface area contributed by atoms with Gasteiger partial charge in [0.15, 0.2) is 5.82 Å². The third-order valence-corrected chi connectivity index (χ3v) is 7.89. The molecule has 186 valence electrons. The molecular weight excluding hydrogens is 442 g/mol. The zero-order chi connectivity index (χ0) is 25.2. The monoisotopic (exact) mass is 477 g/mol. The van der Waals surface area contributed by atoms with Crippen LogP contribution in [0.1, 0.15) is 86.1 Å². The highest BCUT2D eigenvalue weighted by atomic mass is 16.1. The van der Waals surface area contributed by atoms with Crippen molar-refractivity contribution < 1.29 is 9.59 Å². The largest absolute Gasteiger partial charge is 0.369 e. The number of aryl methyl sites for hydroxylation is 1. The number of nitrogens with two attached hydrogens (primary N) is 3. The average molecular weight is 478 g/mol. The summed E-state index contributed by atoms with van der Waals surface area (Å²) in [7, 11) is 0. The molecule has 7 N–H and O–H groups in total. The number of benzene rings is 1. The summed E-state index contributed by atoms with van der Waals surface area (Å²) >= 11 is 0. The van der Waals surface area contributed by atoms with Crippen molar-refractivity contribution >= 4 is 11.8 Å². The van der Waals surface area contributed by atoms with Gasteiger partial charge in [0, 0.05) is 18.0 Å². The van der Waals surface area contributed by atoms with E-state index >= 15 is 0 Å². The van der Waals surface area contributed by atoms with E-state index in [4.69, 9.17) is 17.2 Å². The molecule has 4 rings (SSSR count). The van der Waals surface area contributed by atoms with Crippen molar-refractivity contribution in [3.63, 3.8) is 0 Å². The second kappa shape index (κ2) is 10.1. The lowest BCUT2D eigenvalue weighted by Crippen LogP contribution is -2.44. The topological polar surface area (TPSA) is 167 Å². The minimum Gasteiger partial charge on any atom is -0.369 e. The number of H-pyrrole nitrogens is 1. The zero-order valence-electron chi connectivity index (χ0n) is 20.5. The molecular formula is C26H35N7O2. The van der Waals surface area contributed by atoms with Gasteiger partial charge in [0.05, 0.1) is 5.41 Å². The van der Waals surface area contributed by atoms with Crippen LogP contribution in [0.4, 0.5) is 0 Å². The fraction of sp³-hybridized carbons (Fsp3) is 0.500. The van der Waals surface area contributed by atoms with Crippen molar-refractivity contribution in [2.75, 3.05) is 0 Å². The Balaban J connectivity index is 1.96. The van der Waals surface area contributed by atoms with Crippen molar-refractivity contribution in [3.05, 3.63) is 63.5 Å². The Bertz CT molecular complexity index is 1160. The van der Waals surface area contributed by atoms with E-state index in [9.17, 15) is 9.59 Å². The lowest BCUT2D eigenvalue weighted by Gasteiger charge is -2.40. The number of hydrogen-bond donors (Lipinski definition) is 4. The van der Waals surface area contributed by atoms with Crippen molar-refractivity contribution in [1.82, 2.24) is 20.6 Å². The van der Waals surface area contributed by atoms with E-state index in [-0.39, 0.29) is 18.4 Å². The first-order chi connectivity index (χ1) is 16.8. The number of hydrogen-bond acceptors (Lipinski definition) is 6. The Hall–Kier alpha value is -3.33. The highest BCUT2D eigenvalue weighted by Gasteiger charge is 2.46. The van der Waals surface area contributed by atoms with Crippen LogP contribution < -0.4 is 17.2 Å². The number of rotatable bonds is 9. The molecule has 1 aromatic heterocycles. The van der Waals surface area contributed by atoms with Crippen molar-refractivity contribution in [1.29, 1.82) is 0 Å². The minimum absolute atomic E-state index is 0.0551. The normalized spacial score (nSPS) is 21.7. The van der Waals surface area contributed by atoms with E-state index in [1.807, 2.05) is 19.1 Å². The lowest BCUT2D eigenvalue weighted by molar-refractivity contribution is -0.117. The number of allylic oxidation sites excluding steroid dienone is 3. The van der Waals surface area contributed by atoms with Gasteiger partial charge in [-0.25, -0.2) is 0 Å². The molecule has 0 aliphatic heterocycles. The molecule has 2 aliphatic rings. The second-order valence-corrected chi connectivity index (χ2v) is 9.89. The average Bonchev–Trinajstić information content (AvgIpc) is 3.29. The second-order valence-electron chi connectivity index (χ2n) is 9.89. The third-order valence-electron chi connectivity index (χ3n) is 7.89. The Kier molecular flexibility index (Phi) is 7.16. The number of amides is 2. The summed E-state index contributed by atoms with van der Waals surface area (Å²) in [5.74, 6) is 0.186. The van der Waals surface area contributed by atoms with Gasteiger partial charge in [0.2, 0.25) is 11.8 Å². The molecule has 0 saturated heterocycles. The SMILES string of the molecule is CC/C(=C\C1=C(C)C(CC(N)C2CCC2)(c2nn[nH]n2)c2ccc(C(N)=O)cc2CC1)CC(N)=O. The molecule has 1 aromatic carbocycles. The van der Waals surface area contributed by atoms with Gasteiger partial charge in [-0.05, 0) is 80.2 Å². The highest BCUT2D eigenvalue weighted by molar-refractivity contribution is 5.93. The van der Waals surface area contributed by atoms with Crippen molar-refractivity contribution in [2.24, 2.45) is 23.1 Å². The van der Waals surface area contributed by atoms with Gasteiger partial charge in [0.25, 0.3) is 0 Å². The fourth-order valence-electron chi connectivity index (χ4n) is 5.61.